The third kappa shape index (κ3) is 4.27. The van der Waals surface area contributed by atoms with Gasteiger partial charge in [-0.1, -0.05) is 0 Å². The van der Waals surface area contributed by atoms with E-state index in [-0.39, 0.29) is 12.3 Å². The Morgan fingerprint density at radius 1 is 1.67 bits per heavy atom. The van der Waals surface area contributed by atoms with Gasteiger partial charge in [0.05, 0.1) is 5.75 Å². The summed E-state index contributed by atoms with van der Waals surface area (Å²) in [6, 6.07) is -1.19. The minimum absolute atomic E-state index is 0.0840. The van der Waals surface area contributed by atoms with Gasteiger partial charge in [-0.2, -0.15) is 0 Å². The van der Waals surface area contributed by atoms with Crippen molar-refractivity contribution in [3.05, 3.63) is 0 Å². The third-order valence-electron chi connectivity index (χ3n) is 1.22. The first-order chi connectivity index (χ1) is 5.39. The fraction of sp³-hybridized carbons (Fsp3) is 0.800. The van der Waals surface area contributed by atoms with E-state index in [0.717, 1.165) is 0 Å². The van der Waals surface area contributed by atoms with Gasteiger partial charge in [0.1, 0.15) is 6.04 Å². The largest absolute Gasteiger partial charge is 0.480 e. The maximum atomic E-state index is 10.8. The Labute approximate surface area is 70.8 Å². The van der Waals surface area contributed by atoms with Gasteiger partial charge in [0, 0.05) is 6.54 Å². The van der Waals surface area contributed by atoms with Crippen molar-refractivity contribution in [3.63, 3.8) is 0 Å². The van der Waals surface area contributed by atoms with E-state index >= 15 is 0 Å². The highest BCUT2D eigenvalue weighted by Crippen LogP contribution is 1.83. The number of nitrogens with one attached hydrogen (secondary N) is 1. The molecule has 0 aromatic carbocycles. The van der Waals surface area contributed by atoms with Crippen LogP contribution in [0.1, 0.15) is 6.92 Å². The molecule has 0 saturated carbocycles. The molecule has 72 valence electrons. The minimum atomic E-state index is -3.34. The van der Waals surface area contributed by atoms with Crippen molar-refractivity contribution in [2.45, 2.75) is 13.0 Å². The van der Waals surface area contributed by atoms with Gasteiger partial charge in [-0.25, -0.2) is 13.1 Å². The molecule has 0 fully saturated rings. The predicted molar refractivity (Wildman–Crippen MR) is 43.1 cm³/mol. The molecular weight excluding hydrogens is 184 g/mol. The number of sulfonamides is 1. The molecule has 0 radical (unpaired) electrons. The number of rotatable bonds is 5. The second-order valence-corrected chi connectivity index (χ2v) is 4.29. The van der Waals surface area contributed by atoms with Crippen LogP contribution in [0.2, 0.25) is 0 Å². The van der Waals surface area contributed by atoms with Gasteiger partial charge in [0.2, 0.25) is 10.0 Å². The van der Waals surface area contributed by atoms with E-state index in [1.807, 2.05) is 0 Å². The molecule has 0 amide bonds. The summed E-state index contributed by atoms with van der Waals surface area (Å²) in [4.78, 5) is 10.1. The molecule has 0 spiro atoms. The molecule has 0 aliphatic heterocycles. The van der Waals surface area contributed by atoms with E-state index in [4.69, 9.17) is 10.8 Å². The molecule has 4 N–H and O–H groups in total. The maximum absolute atomic E-state index is 10.8. The number of hydrogen-bond acceptors (Lipinski definition) is 4. The van der Waals surface area contributed by atoms with Gasteiger partial charge in [-0.3, -0.25) is 4.79 Å². The Bertz CT molecular complexity index is 248. The van der Waals surface area contributed by atoms with Crippen LogP contribution in [0.25, 0.3) is 0 Å². The summed E-state index contributed by atoms with van der Waals surface area (Å²) in [6.07, 6.45) is 0. The second-order valence-electron chi connectivity index (χ2n) is 2.20. The summed E-state index contributed by atoms with van der Waals surface area (Å²) < 4.78 is 23.6. The van der Waals surface area contributed by atoms with Gasteiger partial charge in [-0.15, -0.1) is 0 Å². The highest BCUT2D eigenvalue weighted by molar-refractivity contribution is 7.89. The molecule has 12 heavy (non-hydrogen) atoms. The van der Waals surface area contributed by atoms with Crippen molar-refractivity contribution in [2.24, 2.45) is 5.73 Å². The molecule has 0 rings (SSSR count). The fourth-order valence-corrected chi connectivity index (χ4v) is 1.04. The number of carbonyl (C=O) groups is 1. The molecule has 0 aromatic heterocycles. The monoisotopic (exact) mass is 196 g/mol. The molecule has 0 unspecified atom stereocenters. The smallest absolute Gasteiger partial charge is 0.321 e. The third-order valence-corrected chi connectivity index (χ3v) is 2.59. The first kappa shape index (κ1) is 11.3. The molecule has 1 atom stereocenters. The van der Waals surface area contributed by atoms with E-state index in [2.05, 4.69) is 4.72 Å². The Morgan fingerprint density at radius 3 is 2.50 bits per heavy atom. The first-order valence-electron chi connectivity index (χ1n) is 3.34. The second kappa shape index (κ2) is 4.39. The van der Waals surface area contributed by atoms with Gasteiger partial charge in [0.15, 0.2) is 0 Å². The average molecular weight is 196 g/mol. The summed E-state index contributed by atoms with van der Waals surface area (Å²) in [5.41, 5.74) is 5.05. The number of carboxylic acid groups (broad SMARTS) is 1. The lowest BCUT2D eigenvalue weighted by Crippen LogP contribution is -2.42. The molecule has 0 aromatic rings. The number of aliphatic carboxylic acids is 1. The quantitative estimate of drug-likeness (QED) is 0.487. The van der Waals surface area contributed by atoms with E-state index < -0.39 is 22.0 Å². The van der Waals surface area contributed by atoms with Crippen LogP contribution >= 0.6 is 0 Å². The molecule has 0 aliphatic carbocycles. The molecule has 6 nitrogen and oxygen atoms in total. The van der Waals surface area contributed by atoms with E-state index in [1.165, 1.54) is 6.92 Å². The van der Waals surface area contributed by atoms with E-state index in [0.29, 0.717) is 0 Å². The van der Waals surface area contributed by atoms with Crippen LogP contribution in [0, 0.1) is 0 Å². The zero-order valence-electron chi connectivity index (χ0n) is 6.65. The van der Waals surface area contributed by atoms with Crippen LogP contribution in [-0.2, 0) is 14.8 Å². The minimum Gasteiger partial charge on any atom is -0.480 e. The van der Waals surface area contributed by atoms with Crippen LogP contribution in [0.5, 0.6) is 0 Å². The molecule has 0 saturated heterocycles. The Morgan fingerprint density at radius 2 is 2.17 bits per heavy atom. The van der Waals surface area contributed by atoms with Crippen molar-refractivity contribution < 1.29 is 18.3 Å². The van der Waals surface area contributed by atoms with Crippen molar-refractivity contribution in [3.8, 4) is 0 Å². The molecule has 7 heteroatoms. The van der Waals surface area contributed by atoms with Gasteiger partial charge in [-0.05, 0) is 6.92 Å². The molecule has 0 heterocycles. The molecule has 0 aliphatic rings. The van der Waals surface area contributed by atoms with Crippen LogP contribution in [0.3, 0.4) is 0 Å². The summed E-state index contributed by atoms with van der Waals surface area (Å²) in [5, 5.41) is 8.29. The van der Waals surface area contributed by atoms with Crippen molar-refractivity contribution in [1.29, 1.82) is 0 Å². The lowest BCUT2D eigenvalue weighted by molar-refractivity contribution is -0.138. The van der Waals surface area contributed by atoms with E-state index in [9.17, 15) is 13.2 Å². The zero-order chi connectivity index (χ0) is 9.78. The maximum Gasteiger partial charge on any atom is 0.321 e. The highest BCUT2D eigenvalue weighted by atomic mass is 32.2. The van der Waals surface area contributed by atoms with Crippen LogP contribution in [0.4, 0.5) is 0 Å². The summed E-state index contributed by atoms with van der Waals surface area (Å²) >= 11 is 0. The molecular formula is C5H12N2O4S. The lowest BCUT2D eigenvalue weighted by atomic mass is 10.3. The van der Waals surface area contributed by atoms with E-state index in [1.54, 1.807) is 0 Å². The topological polar surface area (TPSA) is 109 Å². The van der Waals surface area contributed by atoms with Crippen LogP contribution < -0.4 is 10.5 Å². The standard InChI is InChI=1S/C5H12N2O4S/c1-2-12(10,11)7-3-4(6)5(8)9/h4,7H,2-3,6H2,1H3,(H,8,9)/t4-/m0/s1. The number of carboxylic acids is 1. The van der Waals surface area contributed by atoms with Crippen molar-refractivity contribution >= 4 is 16.0 Å². The van der Waals surface area contributed by atoms with Gasteiger partial charge >= 0.3 is 5.97 Å². The number of nitrogens with two attached hydrogens (primary N) is 1. The van der Waals surface area contributed by atoms with Gasteiger partial charge in [0.25, 0.3) is 0 Å². The lowest BCUT2D eigenvalue weighted by Gasteiger charge is -2.07. The van der Waals surface area contributed by atoms with Crippen LogP contribution in [-0.4, -0.2) is 37.8 Å². The Kier molecular flexibility index (Phi) is 4.15. The van der Waals surface area contributed by atoms with Crippen molar-refractivity contribution in [1.82, 2.24) is 4.72 Å². The normalized spacial score (nSPS) is 14.2. The number of hydrogen-bond donors (Lipinski definition) is 3. The Hall–Kier alpha value is -0.660. The SMILES string of the molecule is CCS(=O)(=O)NC[C@H](N)C(=O)O. The first-order valence-corrected chi connectivity index (χ1v) is 5.00. The summed E-state index contributed by atoms with van der Waals surface area (Å²) in [5.74, 6) is -1.31. The zero-order valence-corrected chi connectivity index (χ0v) is 7.47. The summed E-state index contributed by atoms with van der Waals surface area (Å²) in [6.45, 7) is 1.18. The van der Waals surface area contributed by atoms with Crippen LogP contribution in [0.15, 0.2) is 0 Å². The van der Waals surface area contributed by atoms with Gasteiger partial charge < -0.3 is 10.8 Å². The fourth-order valence-electron chi connectivity index (χ4n) is 0.406. The Balaban J connectivity index is 3.92. The highest BCUT2D eigenvalue weighted by Gasteiger charge is 2.14. The summed E-state index contributed by atoms with van der Waals surface area (Å²) in [7, 11) is -3.34. The molecule has 0 bridgehead atoms. The average Bonchev–Trinajstić information content (AvgIpc) is 2.00. The van der Waals surface area contributed by atoms with Crippen molar-refractivity contribution in [2.75, 3.05) is 12.3 Å². The predicted octanol–water partition coefficient (Wildman–Crippen LogP) is -1.66.